The molecule has 8 nitrogen and oxygen atoms in total. The average Bonchev–Trinajstić information content (AvgIpc) is 3.32. The molecule has 3 aromatic carbocycles. The molecule has 1 aliphatic heterocycles. The molecule has 0 saturated carbocycles. The summed E-state index contributed by atoms with van der Waals surface area (Å²) in [5.41, 5.74) is 2.70. The summed E-state index contributed by atoms with van der Waals surface area (Å²) in [5, 5.41) is 0. The number of fused-ring (bicyclic) bond motifs is 1. The van der Waals surface area contributed by atoms with Crippen molar-refractivity contribution in [1.29, 1.82) is 0 Å². The van der Waals surface area contributed by atoms with E-state index in [1.807, 2.05) is 87.5 Å². The molecule has 4 aromatic rings. The van der Waals surface area contributed by atoms with Crippen LogP contribution in [0.2, 0.25) is 0 Å². The van der Waals surface area contributed by atoms with E-state index in [0.29, 0.717) is 48.9 Å². The highest BCUT2D eigenvalue weighted by atomic mass is 79.9. The van der Waals surface area contributed by atoms with E-state index in [4.69, 9.17) is 23.9 Å². The number of halogens is 1. The van der Waals surface area contributed by atoms with Gasteiger partial charge in [0.05, 0.1) is 52.7 Å². The van der Waals surface area contributed by atoms with Crippen LogP contribution in [0.25, 0.3) is 11.8 Å². The number of methoxy groups -OCH3 is 1. The van der Waals surface area contributed by atoms with Crippen molar-refractivity contribution in [2.75, 3.05) is 20.3 Å². The molecule has 0 N–H and O–H groups in total. The van der Waals surface area contributed by atoms with Gasteiger partial charge in [0.2, 0.25) is 0 Å². The van der Waals surface area contributed by atoms with Crippen molar-refractivity contribution in [3.8, 4) is 17.2 Å². The molecule has 2 heterocycles. The van der Waals surface area contributed by atoms with Crippen LogP contribution < -0.4 is 29.1 Å². The van der Waals surface area contributed by atoms with Gasteiger partial charge in [-0.2, -0.15) is 0 Å². The fourth-order valence-electron chi connectivity index (χ4n) is 4.99. The molecule has 5 rings (SSSR count). The molecule has 0 aliphatic carbocycles. The first-order valence-corrected chi connectivity index (χ1v) is 15.9. The van der Waals surface area contributed by atoms with Crippen molar-refractivity contribution in [3.63, 3.8) is 0 Å². The van der Waals surface area contributed by atoms with Crippen LogP contribution >= 0.6 is 27.3 Å². The molecule has 0 radical (unpaired) electrons. The van der Waals surface area contributed by atoms with Gasteiger partial charge in [0.1, 0.15) is 5.75 Å². The largest absolute Gasteiger partial charge is 0.494 e. The average molecular weight is 678 g/mol. The minimum Gasteiger partial charge on any atom is -0.494 e. The Labute approximate surface area is 268 Å². The molecular weight excluding hydrogens is 644 g/mol. The Hall–Kier alpha value is -4.15. The molecule has 0 bridgehead atoms. The number of aromatic nitrogens is 1. The Kier molecular flexibility index (Phi) is 9.71. The van der Waals surface area contributed by atoms with Crippen molar-refractivity contribution in [2.45, 2.75) is 39.8 Å². The maximum atomic E-state index is 14.2. The summed E-state index contributed by atoms with van der Waals surface area (Å²) in [5.74, 6) is 1.29. The third-order valence-corrected chi connectivity index (χ3v) is 8.36. The highest BCUT2D eigenvalue weighted by molar-refractivity contribution is 9.10. The Balaban J connectivity index is 1.76. The summed E-state index contributed by atoms with van der Waals surface area (Å²) in [6, 6.07) is 19.8. The number of hydrogen-bond acceptors (Lipinski definition) is 8. The van der Waals surface area contributed by atoms with Gasteiger partial charge in [0.25, 0.3) is 5.56 Å². The predicted octanol–water partition coefficient (Wildman–Crippen LogP) is 5.89. The summed E-state index contributed by atoms with van der Waals surface area (Å²) in [6.45, 7) is 8.25. The van der Waals surface area contributed by atoms with Gasteiger partial charge in [0, 0.05) is 5.56 Å². The van der Waals surface area contributed by atoms with Crippen molar-refractivity contribution in [2.24, 2.45) is 4.99 Å². The zero-order valence-electron chi connectivity index (χ0n) is 25.1. The number of hydrogen-bond donors (Lipinski definition) is 0. The third kappa shape index (κ3) is 6.37. The van der Waals surface area contributed by atoms with Gasteiger partial charge >= 0.3 is 5.97 Å². The quantitative estimate of drug-likeness (QED) is 0.195. The van der Waals surface area contributed by atoms with Crippen LogP contribution in [0.3, 0.4) is 0 Å². The number of thiazole rings is 1. The minimum absolute atomic E-state index is 0.0512. The number of ether oxygens (including phenoxy) is 4. The van der Waals surface area contributed by atoms with E-state index in [-0.39, 0.29) is 18.3 Å². The third-order valence-electron chi connectivity index (χ3n) is 6.78. The van der Waals surface area contributed by atoms with Crippen LogP contribution in [0.4, 0.5) is 0 Å². The second-order valence-electron chi connectivity index (χ2n) is 10.1. The van der Waals surface area contributed by atoms with Crippen LogP contribution in [0.5, 0.6) is 17.2 Å². The van der Waals surface area contributed by atoms with Gasteiger partial charge in [0.15, 0.2) is 16.3 Å². The molecule has 0 spiro atoms. The van der Waals surface area contributed by atoms with E-state index in [2.05, 4.69) is 15.9 Å². The van der Waals surface area contributed by atoms with Gasteiger partial charge in [-0.25, -0.2) is 9.79 Å². The van der Waals surface area contributed by atoms with Gasteiger partial charge < -0.3 is 18.9 Å². The monoisotopic (exact) mass is 676 g/mol. The lowest BCUT2D eigenvalue weighted by Gasteiger charge is -2.26. The fraction of sp³-hybridized carbons (Fsp3) is 0.265. The second-order valence-corrected chi connectivity index (χ2v) is 12.0. The second kappa shape index (κ2) is 13.7. The summed E-state index contributed by atoms with van der Waals surface area (Å²) < 4.78 is 25.5. The molecule has 0 unspecified atom stereocenters. The van der Waals surface area contributed by atoms with Gasteiger partial charge in [-0.3, -0.25) is 9.36 Å². The maximum Gasteiger partial charge on any atom is 0.338 e. The smallest absolute Gasteiger partial charge is 0.338 e. The van der Waals surface area contributed by atoms with Crippen molar-refractivity contribution in [3.05, 3.63) is 113 Å². The first-order chi connectivity index (χ1) is 21.2. The Morgan fingerprint density at radius 1 is 1.07 bits per heavy atom. The summed E-state index contributed by atoms with van der Waals surface area (Å²) in [4.78, 5) is 33.2. The van der Waals surface area contributed by atoms with Crippen molar-refractivity contribution < 1.29 is 23.7 Å². The van der Waals surface area contributed by atoms with E-state index in [1.54, 1.807) is 24.7 Å². The van der Waals surface area contributed by atoms with E-state index in [0.717, 1.165) is 16.7 Å². The Bertz CT molecular complexity index is 1880. The number of carbonyl (C=O) groups is 1. The van der Waals surface area contributed by atoms with Crippen molar-refractivity contribution in [1.82, 2.24) is 4.57 Å². The van der Waals surface area contributed by atoms with E-state index in [9.17, 15) is 9.59 Å². The number of esters is 1. The highest BCUT2D eigenvalue weighted by Gasteiger charge is 2.35. The topological polar surface area (TPSA) is 88.4 Å². The standard InChI is InChI=1S/C34H33BrN2O6S/c1-6-41-24-15-13-23(14-16-24)30-28(33(39)42-7-2)29(22-11-9-8-10-12-22)36-34-37(30)32(38)27(44-34)19-21-17-25(35)31(43-20(3)4)26(18-21)40-5/h8-20,30H,6-7H2,1-5H3/b27-19-/t30-/m0/s1. The maximum absolute atomic E-state index is 14.2. The molecule has 1 aliphatic rings. The number of nitrogens with zero attached hydrogens (tertiary/aromatic N) is 2. The molecule has 1 aromatic heterocycles. The predicted molar refractivity (Wildman–Crippen MR) is 175 cm³/mol. The summed E-state index contributed by atoms with van der Waals surface area (Å²) in [7, 11) is 1.57. The molecule has 228 valence electrons. The van der Waals surface area contributed by atoms with Gasteiger partial charge in [-0.05, 0) is 85.1 Å². The zero-order chi connectivity index (χ0) is 31.4. The summed E-state index contributed by atoms with van der Waals surface area (Å²) in [6.07, 6.45) is 1.74. The molecular formula is C34H33BrN2O6S. The molecule has 44 heavy (non-hydrogen) atoms. The molecule has 1 atom stereocenters. The zero-order valence-corrected chi connectivity index (χ0v) is 27.5. The lowest BCUT2D eigenvalue weighted by Crippen LogP contribution is -2.40. The lowest BCUT2D eigenvalue weighted by atomic mass is 9.93. The van der Waals surface area contributed by atoms with E-state index < -0.39 is 12.0 Å². The number of benzene rings is 3. The highest BCUT2D eigenvalue weighted by Crippen LogP contribution is 2.38. The first-order valence-electron chi connectivity index (χ1n) is 14.3. The van der Waals surface area contributed by atoms with E-state index >= 15 is 0 Å². The van der Waals surface area contributed by atoms with E-state index in [1.165, 1.54) is 11.3 Å². The normalized spacial score (nSPS) is 14.7. The molecule has 0 fully saturated rings. The fourth-order valence-corrected chi connectivity index (χ4v) is 6.55. The van der Waals surface area contributed by atoms with Gasteiger partial charge in [-0.1, -0.05) is 53.8 Å². The Morgan fingerprint density at radius 2 is 1.80 bits per heavy atom. The van der Waals surface area contributed by atoms with Crippen LogP contribution in [0.1, 0.15) is 50.4 Å². The van der Waals surface area contributed by atoms with Crippen LogP contribution in [-0.2, 0) is 9.53 Å². The first kappa shape index (κ1) is 31.3. The number of carbonyl (C=O) groups excluding carboxylic acids is 1. The number of rotatable bonds is 10. The molecule has 10 heteroatoms. The minimum atomic E-state index is -0.776. The van der Waals surface area contributed by atoms with Crippen LogP contribution in [0, 0.1) is 0 Å². The van der Waals surface area contributed by atoms with Gasteiger partial charge in [-0.15, -0.1) is 0 Å². The van der Waals surface area contributed by atoms with Crippen LogP contribution in [0.15, 0.2) is 86.6 Å². The SMILES string of the molecule is CCOC(=O)C1=C(c2ccccc2)N=c2s/c(=C\c3cc(Br)c(OC(C)C)c(OC)c3)c(=O)n2[C@H]1c1ccc(OCC)cc1. The Morgan fingerprint density at radius 3 is 2.43 bits per heavy atom. The summed E-state index contributed by atoms with van der Waals surface area (Å²) >= 11 is 4.85. The molecule has 0 amide bonds. The van der Waals surface area contributed by atoms with Crippen molar-refractivity contribution >= 4 is 45.0 Å². The molecule has 0 saturated heterocycles. The van der Waals surface area contributed by atoms with Crippen LogP contribution in [-0.4, -0.2) is 37.0 Å². The lowest BCUT2D eigenvalue weighted by molar-refractivity contribution is -0.138.